The van der Waals surface area contributed by atoms with Crippen molar-refractivity contribution in [2.24, 2.45) is 0 Å². The number of fused-ring (bicyclic) bond motifs is 2. The Morgan fingerprint density at radius 1 is 1.25 bits per heavy atom. The first-order valence-corrected chi connectivity index (χ1v) is 7.39. The summed E-state index contributed by atoms with van der Waals surface area (Å²) in [7, 11) is 0. The van der Waals surface area contributed by atoms with Gasteiger partial charge in [0.25, 0.3) is 0 Å². The molecule has 3 rings (SSSR count). The lowest BCUT2D eigenvalue weighted by Crippen LogP contribution is -2.12. The van der Waals surface area contributed by atoms with E-state index in [0.717, 1.165) is 24.5 Å². The van der Waals surface area contributed by atoms with Gasteiger partial charge in [-0.1, -0.05) is 12.1 Å². The SMILES string of the molecule is N#Cc1ccc(C2=CC3CCC(C2)S3)c(C(F)(F)F)c1. The number of allylic oxidation sites excluding steroid dienone is 1. The summed E-state index contributed by atoms with van der Waals surface area (Å²) >= 11 is 1.86. The molecule has 2 atom stereocenters. The van der Waals surface area contributed by atoms with Gasteiger partial charge in [-0.2, -0.15) is 30.2 Å². The molecule has 1 aromatic carbocycles. The van der Waals surface area contributed by atoms with Crippen molar-refractivity contribution in [3.63, 3.8) is 0 Å². The van der Waals surface area contributed by atoms with Crippen molar-refractivity contribution in [2.45, 2.75) is 35.9 Å². The van der Waals surface area contributed by atoms with Gasteiger partial charge < -0.3 is 0 Å². The van der Waals surface area contributed by atoms with Crippen molar-refractivity contribution in [2.75, 3.05) is 0 Å². The van der Waals surface area contributed by atoms with Gasteiger partial charge in [-0.15, -0.1) is 0 Å². The normalized spacial score (nSPS) is 25.2. The highest BCUT2D eigenvalue weighted by molar-refractivity contribution is 8.01. The van der Waals surface area contributed by atoms with Gasteiger partial charge in [0.2, 0.25) is 0 Å². The molecule has 1 aromatic rings. The van der Waals surface area contributed by atoms with Crippen molar-refractivity contribution >= 4 is 17.3 Å². The summed E-state index contributed by atoms with van der Waals surface area (Å²) in [6, 6.07) is 5.65. The van der Waals surface area contributed by atoms with Crippen molar-refractivity contribution in [1.82, 2.24) is 0 Å². The number of hydrogen-bond donors (Lipinski definition) is 0. The number of nitriles is 1. The average Bonchev–Trinajstić information content (AvgIpc) is 2.76. The predicted molar refractivity (Wildman–Crippen MR) is 73.2 cm³/mol. The number of thioether (sulfide) groups is 1. The fourth-order valence-corrected chi connectivity index (χ4v) is 4.43. The summed E-state index contributed by atoms with van der Waals surface area (Å²) in [5.41, 5.74) is 0.394. The van der Waals surface area contributed by atoms with Crippen molar-refractivity contribution in [3.05, 3.63) is 41.0 Å². The molecule has 1 fully saturated rings. The first-order chi connectivity index (χ1) is 9.47. The van der Waals surface area contributed by atoms with Crippen LogP contribution in [-0.4, -0.2) is 10.5 Å². The number of halogens is 3. The van der Waals surface area contributed by atoms with Crippen LogP contribution in [0.15, 0.2) is 24.3 Å². The predicted octanol–water partition coefficient (Wildman–Crippen LogP) is 4.63. The molecule has 1 nitrogen and oxygen atoms in total. The highest BCUT2D eigenvalue weighted by Gasteiger charge is 2.37. The van der Waals surface area contributed by atoms with E-state index < -0.39 is 11.7 Å². The Morgan fingerprint density at radius 2 is 2.05 bits per heavy atom. The van der Waals surface area contributed by atoms with E-state index in [0.29, 0.717) is 16.9 Å². The van der Waals surface area contributed by atoms with Crippen LogP contribution in [0.2, 0.25) is 0 Å². The van der Waals surface area contributed by atoms with E-state index in [1.165, 1.54) is 12.1 Å². The minimum atomic E-state index is -4.42. The van der Waals surface area contributed by atoms with Crippen LogP contribution < -0.4 is 0 Å². The first-order valence-electron chi connectivity index (χ1n) is 6.45. The molecule has 0 aromatic heterocycles. The zero-order chi connectivity index (χ0) is 14.3. The van der Waals surface area contributed by atoms with E-state index >= 15 is 0 Å². The van der Waals surface area contributed by atoms with Crippen LogP contribution in [0.3, 0.4) is 0 Å². The van der Waals surface area contributed by atoms with Gasteiger partial charge in [-0.3, -0.25) is 0 Å². The maximum absolute atomic E-state index is 13.2. The fourth-order valence-electron chi connectivity index (χ4n) is 2.87. The minimum Gasteiger partial charge on any atom is -0.192 e. The van der Waals surface area contributed by atoms with E-state index in [4.69, 9.17) is 5.26 Å². The number of hydrogen-bond acceptors (Lipinski definition) is 2. The quantitative estimate of drug-likeness (QED) is 0.754. The molecule has 2 bridgehead atoms. The van der Waals surface area contributed by atoms with Crippen LogP contribution in [0.25, 0.3) is 5.57 Å². The third-order valence-electron chi connectivity index (χ3n) is 3.78. The Kier molecular flexibility index (Phi) is 3.29. The van der Waals surface area contributed by atoms with Gasteiger partial charge in [-0.25, -0.2) is 0 Å². The molecule has 0 aliphatic carbocycles. The van der Waals surface area contributed by atoms with E-state index in [-0.39, 0.29) is 11.1 Å². The molecule has 2 heterocycles. The lowest BCUT2D eigenvalue weighted by molar-refractivity contribution is -0.137. The van der Waals surface area contributed by atoms with Gasteiger partial charge >= 0.3 is 6.18 Å². The second kappa shape index (κ2) is 4.85. The summed E-state index contributed by atoms with van der Waals surface area (Å²) in [6.45, 7) is 0. The van der Waals surface area contributed by atoms with Crippen LogP contribution in [0, 0.1) is 11.3 Å². The molecule has 2 aliphatic rings. The molecular formula is C15H12F3NS. The zero-order valence-electron chi connectivity index (χ0n) is 10.6. The molecule has 2 unspecified atom stereocenters. The molecule has 1 saturated heterocycles. The molecule has 0 spiro atoms. The molecule has 0 saturated carbocycles. The molecule has 5 heteroatoms. The van der Waals surface area contributed by atoms with Gasteiger partial charge in [0.15, 0.2) is 0 Å². The summed E-state index contributed by atoms with van der Waals surface area (Å²) in [5, 5.41) is 9.58. The van der Waals surface area contributed by atoms with E-state index in [2.05, 4.69) is 0 Å². The van der Waals surface area contributed by atoms with Gasteiger partial charge in [-0.05, 0) is 42.5 Å². The summed E-state index contributed by atoms with van der Waals surface area (Å²) in [6.07, 6.45) is 0.372. The second-order valence-electron chi connectivity index (χ2n) is 5.14. The Balaban J connectivity index is 2.08. The maximum atomic E-state index is 13.2. The highest BCUT2D eigenvalue weighted by Crippen LogP contribution is 2.47. The monoisotopic (exact) mass is 295 g/mol. The highest BCUT2D eigenvalue weighted by atomic mass is 32.2. The van der Waals surface area contributed by atoms with Crippen molar-refractivity contribution in [1.29, 1.82) is 5.26 Å². The number of nitrogens with zero attached hydrogens (tertiary/aromatic N) is 1. The Bertz CT molecular complexity index is 613. The lowest BCUT2D eigenvalue weighted by Gasteiger charge is -2.22. The topological polar surface area (TPSA) is 23.8 Å². The Morgan fingerprint density at radius 3 is 2.70 bits per heavy atom. The van der Waals surface area contributed by atoms with E-state index in [1.807, 2.05) is 17.8 Å². The number of rotatable bonds is 1. The van der Waals surface area contributed by atoms with E-state index in [1.54, 1.807) is 6.07 Å². The van der Waals surface area contributed by atoms with Crippen LogP contribution in [0.1, 0.15) is 36.0 Å². The lowest BCUT2D eigenvalue weighted by atomic mass is 9.94. The van der Waals surface area contributed by atoms with Gasteiger partial charge in [0.05, 0.1) is 17.2 Å². The number of alkyl halides is 3. The molecule has 0 amide bonds. The fraction of sp³-hybridized carbons (Fsp3) is 0.400. The third-order valence-corrected chi connectivity index (χ3v) is 5.28. The van der Waals surface area contributed by atoms with Gasteiger partial charge in [0, 0.05) is 10.5 Å². The number of benzene rings is 1. The molecule has 104 valence electrons. The molecule has 20 heavy (non-hydrogen) atoms. The molecular weight excluding hydrogens is 283 g/mol. The van der Waals surface area contributed by atoms with Crippen molar-refractivity contribution < 1.29 is 13.2 Å². The smallest absolute Gasteiger partial charge is 0.192 e. The van der Waals surface area contributed by atoms with Crippen molar-refractivity contribution in [3.8, 4) is 6.07 Å². The second-order valence-corrected chi connectivity index (χ2v) is 6.68. The van der Waals surface area contributed by atoms with E-state index in [9.17, 15) is 13.2 Å². The summed E-state index contributed by atoms with van der Waals surface area (Å²) in [5.74, 6) is 0. The Labute approximate surface area is 119 Å². The first kappa shape index (κ1) is 13.6. The zero-order valence-corrected chi connectivity index (χ0v) is 11.4. The molecule has 2 aliphatic heterocycles. The minimum absolute atomic E-state index is 0.0508. The summed E-state index contributed by atoms with van der Waals surface area (Å²) < 4.78 is 39.6. The van der Waals surface area contributed by atoms with Crippen LogP contribution in [0.5, 0.6) is 0 Å². The van der Waals surface area contributed by atoms with Crippen LogP contribution >= 0.6 is 11.8 Å². The van der Waals surface area contributed by atoms with Crippen LogP contribution in [-0.2, 0) is 6.18 Å². The molecule has 0 radical (unpaired) electrons. The standard InChI is InChI=1S/C15H12F3NS/c16-15(17,18)14-5-9(8-19)1-4-13(14)10-6-11-2-3-12(7-10)20-11/h1,4-6,11-12H,2-3,7H2. The van der Waals surface area contributed by atoms with Crippen LogP contribution in [0.4, 0.5) is 13.2 Å². The molecule has 0 N–H and O–H groups in total. The van der Waals surface area contributed by atoms with Gasteiger partial charge in [0.1, 0.15) is 0 Å². The largest absolute Gasteiger partial charge is 0.417 e. The maximum Gasteiger partial charge on any atom is 0.417 e. The summed E-state index contributed by atoms with van der Waals surface area (Å²) in [4.78, 5) is 0. The average molecular weight is 295 g/mol. The Hall–Kier alpha value is -1.41. The third kappa shape index (κ3) is 2.45.